The molecule has 0 spiro atoms. The summed E-state index contributed by atoms with van der Waals surface area (Å²) in [4.78, 5) is 34.4. The van der Waals surface area contributed by atoms with Crippen LogP contribution in [0.2, 0.25) is 0 Å². The molecule has 1 atom stereocenters. The van der Waals surface area contributed by atoms with Crippen molar-refractivity contribution in [3.8, 4) is 0 Å². The Morgan fingerprint density at radius 1 is 1.50 bits per heavy atom. The molecule has 20 heavy (non-hydrogen) atoms. The van der Waals surface area contributed by atoms with Gasteiger partial charge in [-0.05, 0) is 25.0 Å². The third kappa shape index (κ3) is 2.76. The van der Waals surface area contributed by atoms with Gasteiger partial charge in [0.05, 0.1) is 10.8 Å². The Morgan fingerprint density at radius 3 is 2.85 bits per heavy atom. The number of anilines is 1. The molecule has 1 aliphatic rings. The van der Waals surface area contributed by atoms with Crippen LogP contribution in [0.15, 0.2) is 18.2 Å². The fraction of sp³-hybridized carbons (Fsp3) is 0.385. The Hall–Kier alpha value is -2.44. The van der Waals surface area contributed by atoms with Crippen molar-refractivity contribution in [2.45, 2.75) is 12.8 Å². The predicted molar refractivity (Wildman–Crippen MR) is 72.6 cm³/mol. The van der Waals surface area contributed by atoms with Crippen molar-refractivity contribution in [2.24, 2.45) is 11.7 Å². The second-order valence-electron chi connectivity index (χ2n) is 4.81. The van der Waals surface area contributed by atoms with E-state index in [1.54, 1.807) is 11.0 Å². The number of hydrogen-bond acceptors (Lipinski definition) is 5. The molecule has 0 saturated carbocycles. The first-order valence-corrected chi connectivity index (χ1v) is 6.31. The lowest BCUT2D eigenvalue weighted by Gasteiger charge is -2.32. The maximum Gasteiger partial charge on any atom is 0.293 e. The summed E-state index contributed by atoms with van der Waals surface area (Å²) in [6, 6.07) is 4.32. The van der Waals surface area contributed by atoms with Gasteiger partial charge in [0.25, 0.3) is 5.69 Å². The van der Waals surface area contributed by atoms with E-state index in [0.717, 1.165) is 6.42 Å². The first-order valence-electron chi connectivity index (χ1n) is 6.31. The number of nitrogens with two attached hydrogens (primary N) is 1. The maximum atomic E-state index is 11.3. The lowest BCUT2D eigenvalue weighted by atomic mass is 9.96. The molecule has 0 bridgehead atoms. The zero-order valence-corrected chi connectivity index (χ0v) is 10.8. The number of piperidine rings is 1. The largest absolute Gasteiger partial charge is 0.369 e. The molecule has 1 fully saturated rings. The van der Waals surface area contributed by atoms with E-state index in [-0.39, 0.29) is 23.1 Å². The molecule has 1 aromatic rings. The highest BCUT2D eigenvalue weighted by Gasteiger charge is 2.28. The number of rotatable bonds is 4. The third-order valence-corrected chi connectivity index (χ3v) is 3.50. The van der Waals surface area contributed by atoms with E-state index in [1.807, 2.05) is 0 Å². The number of nitro benzene ring substituents is 1. The number of benzene rings is 1. The number of nitro groups is 1. The molecule has 106 valence electrons. The van der Waals surface area contributed by atoms with E-state index in [2.05, 4.69) is 0 Å². The van der Waals surface area contributed by atoms with Gasteiger partial charge in [-0.3, -0.25) is 19.7 Å². The monoisotopic (exact) mass is 277 g/mol. The fourth-order valence-corrected chi connectivity index (χ4v) is 2.46. The molecule has 7 heteroatoms. The molecule has 2 N–H and O–H groups in total. The molecule has 0 radical (unpaired) electrons. The minimum absolute atomic E-state index is 0.125. The van der Waals surface area contributed by atoms with E-state index < -0.39 is 4.92 Å². The average Bonchev–Trinajstić information content (AvgIpc) is 2.46. The molecule has 2 rings (SSSR count). The molecule has 1 aromatic carbocycles. The van der Waals surface area contributed by atoms with Crippen molar-refractivity contribution in [3.05, 3.63) is 33.9 Å². The van der Waals surface area contributed by atoms with Crippen LogP contribution >= 0.6 is 0 Å². The SMILES string of the molecule is NC(=O)C1CCCN(c2ccc(C=O)cc2[N+](=O)[O-])C1. The Morgan fingerprint density at radius 2 is 2.25 bits per heavy atom. The summed E-state index contributed by atoms with van der Waals surface area (Å²) < 4.78 is 0. The zero-order valence-electron chi connectivity index (χ0n) is 10.8. The van der Waals surface area contributed by atoms with E-state index in [9.17, 15) is 19.7 Å². The first-order chi connectivity index (χ1) is 9.52. The van der Waals surface area contributed by atoms with Crippen LogP contribution in [0.25, 0.3) is 0 Å². The van der Waals surface area contributed by atoms with Crippen LogP contribution in [-0.4, -0.2) is 30.2 Å². The van der Waals surface area contributed by atoms with Gasteiger partial charge in [0, 0.05) is 24.7 Å². The minimum Gasteiger partial charge on any atom is -0.369 e. The number of amides is 1. The van der Waals surface area contributed by atoms with Gasteiger partial charge in [0.2, 0.25) is 5.91 Å². The van der Waals surface area contributed by atoms with Crippen molar-refractivity contribution >= 4 is 23.6 Å². The summed E-state index contributed by atoms with van der Waals surface area (Å²) in [6.45, 7) is 1.00. The van der Waals surface area contributed by atoms with E-state index in [4.69, 9.17) is 5.73 Å². The van der Waals surface area contributed by atoms with Gasteiger partial charge < -0.3 is 10.6 Å². The quantitative estimate of drug-likeness (QED) is 0.504. The summed E-state index contributed by atoms with van der Waals surface area (Å²) in [5.74, 6) is -0.684. The Balaban J connectivity index is 2.34. The Bertz CT molecular complexity index is 559. The number of nitrogens with zero attached hydrogens (tertiary/aromatic N) is 2. The zero-order chi connectivity index (χ0) is 14.7. The van der Waals surface area contributed by atoms with Crippen LogP contribution in [-0.2, 0) is 4.79 Å². The van der Waals surface area contributed by atoms with Crippen LogP contribution in [0.1, 0.15) is 23.2 Å². The summed E-state index contributed by atoms with van der Waals surface area (Å²) in [7, 11) is 0. The van der Waals surface area contributed by atoms with Crippen LogP contribution in [0.4, 0.5) is 11.4 Å². The number of hydrogen-bond donors (Lipinski definition) is 1. The third-order valence-electron chi connectivity index (χ3n) is 3.50. The average molecular weight is 277 g/mol. The van der Waals surface area contributed by atoms with Crippen LogP contribution in [0, 0.1) is 16.0 Å². The smallest absolute Gasteiger partial charge is 0.293 e. The highest BCUT2D eigenvalue weighted by molar-refractivity contribution is 5.81. The number of aldehydes is 1. The van der Waals surface area contributed by atoms with Crippen molar-refractivity contribution in [3.63, 3.8) is 0 Å². The lowest BCUT2D eigenvalue weighted by Crippen LogP contribution is -2.41. The van der Waals surface area contributed by atoms with E-state index >= 15 is 0 Å². The molecule has 0 aromatic heterocycles. The summed E-state index contributed by atoms with van der Waals surface area (Å²) >= 11 is 0. The molecular formula is C13H15N3O4. The lowest BCUT2D eigenvalue weighted by molar-refractivity contribution is -0.384. The molecule has 7 nitrogen and oxygen atoms in total. The number of carbonyl (C=O) groups is 2. The second-order valence-corrected chi connectivity index (χ2v) is 4.81. The molecular weight excluding hydrogens is 262 g/mol. The van der Waals surface area contributed by atoms with Crippen LogP contribution in [0.5, 0.6) is 0 Å². The topological polar surface area (TPSA) is 107 Å². The van der Waals surface area contributed by atoms with Crippen LogP contribution < -0.4 is 10.6 Å². The van der Waals surface area contributed by atoms with E-state index in [0.29, 0.717) is 31.5 Å². The maximum absolute atomic E-state index is 11.3. The summed E-state index contributed by atoms with van der Waals surface area (Å²) in [5.41, 5.74) is 5.86. The normalized spacial score (nSPS) is 18.6. The van der Waals surface area contributed by atoms with Gasteiger partial charge in [0.1, 0.15) is 12.0 Å². The summed E-state index contributed by atoms with van der Waals surface area (Å²) in [5, 5.41) is 11.1. The fourth-order valence-electron chi connectivity index (χ4n) is 2.46. The number of carbonyl (C=O) groups excluding carboxylic acids is 2. The standard InChI is InChI=1S/C13H15N3O4/c14-13(18)10-2-1-5-15(7-10)11-4-3-9(8-17)6-12(11)16(19)20/h3-4,6,8,10H,1-2,5,7H2,(H2,14,18). The molecule has 1 heterocycles. The second kappa shape index (κ2) is 5.68. The predicted octanol–water partition coefficient (Wildman–Crippen LogP) is 1.11. The highest BCUT2D eigenvalue weighted by atomic mass is 16.6. The van der Waals surface area contributed by atoms with Gasteiger partial charge in [-0.25, -0.2) is 0 Å². The van der Waals surface area contributed by atoms with Crippen LogP contribution in [0.3, 0.4) is 0 Å². The van der Waals surface area contributed by atoms with Gasteiger partial charge in [0.15, 0.2) is 0 Å². The van der Waals surface area contributed by atoms with Gasteiger partial charge >= 0.3 is 0 Å². The molecule has 1 aliphatic heterocycles. The van der Waals surface area contributed by atoms with Gasteiger partial charge in [-0.15, -0.1) is 0 Å². The first kappa shape index (κ1) is 14.0. The van der Waals surface area contributed by atoms with Gasteiger partial charge in [-0.2, -0.15) is 0 Å². The Labute approximate surface area is 115 Å². The van der Waals surface area contributed by atoms with E-state index in [1.165, 1.54) is 12.1 Å². The Kier molecular flexibility index (Phi) is 3.97. The summed E-state index contributed by atoms with van der Waals surface area (Å²) in [6.07, 6.45) is 2.02. The molecule has 1 saturated heterocycles. The molecule has 1 amide bonds. The minimum atomic E-state index is -0.518. The molecule has 1 unspecified atom stereocenters. The van der Waals surface area contributed by atoms with Gasteiger partial charge in [-0.1, -0.05) is 0 Å². The van der Waals surface area contributed by atoms with Crippen molar-refractivity contribution in [1.82, 2.24) is 0 Å². The van der Waals surface area contributed by atoms with Crippen molar-refractivity contribution < 1.29 is 14.5 Å². The van der Waals surface area contributed by atoms with Crippen molar-refractivity contribution in [2.75, 3.05) is 18.0 Å². The molecule has 0 aliphatic carbocycles. The highest BCUT2D eigenvalue weighted by Crippen LogP contribution is 2.32. The van der Waals surface area contributed by atoms with Crippen molar-refractivity contribution in [1.29, 1.82) is 0 Å². The number of primary amides is 1.